The lowest BCUT2D eigenvalue weighted by Gasteiger charge is -2.14. The Morgan fingerprint density at radius 2 is 1.84 bits per heavy atom. The molecule has 1 saturated heterocycles. The first kappa shape index (κ1) is 17.3. The molecule has 0 aliphatic carbocycles. The molecule has 0 radical (unpaired) electrons. The Morgan fingerprint density at radius 1 is 1.12 bits per heavy atom. The number of hydrogen-bond donors (Lipinski definition) is 1. The Labute approximate surface area is 154 Å². The van der Waals surface area contributed by atoms with Gasteiger partial charge in [0.1, 0.15) is 5.75 Å². The minimum Gasteiger partial charge on any atom is -0.504 e. The highest BCUT2D eigenvalue weighted by Crippen LogP contribution is 2.38. The number of thioether (sulfide) groups is 1. The average molecular weight is 373 g/mol. The van der Waals surface area contributed by atoms with Gasteiger partial charge in [-0.2, -0.15) is 0 Å². The van der Waals surface area contributed by atoms with Crippen LogP contribution in [0.4, 0.5) is 5.69 Å². The van der Waals surface area contributed by atoms with E-state index in [-0.39, 0.29) is 11.7 Å². The molecule has 3 rings (SSSR count). The number of hydrogen-bond acceptors (Lipinski definition) is 6. The van der Waals surface area contributed by atoms with E-state index in [4.69, 9.17) is 21.7 Å². The number of benzene rings is 2. The molecule has 1 N–H and O–H groups in total. The molecule has 7 heteroatoms. The maximum absolute atomic E-state index is 12.7. The molecule has 0 saturated carbocycles. The SMILES string of the molecule is COc1ccc(N2C(=O)/C(=C/c3cccc(OC)c3O)SC2=S)cc1. The highest BCUT2D eigenvalue weighted by molar-refractivity contribution is 8.27. The summed E-state index contributed by atoms with van der Waals surface area (Å²) in [6, 6.07) is 12.2. The molecule has 0 bridgehead atoms. The van der Waals surface area contributed by atoms with Crippen molar-refractivity contribution in [3.63, 3.8) is 0 Å². The van der Waals surface area contributed by atoms with Crippen molar-refractivity contribution in [2.24, 2.45) is 0 Å². The number of ether oxygens (including phenoxy) is 2. The number of phenolic OH excluding ortho intramolecular Hbond substituents is 1. The number of phenols is 1. The number of thiocarbonyl (C=S) groups is 1. The van der Waals surface area contributed by atoms with Crippen LogP contribution in [-0.4, -0.2) is 29.6 Å². The van der Waals surface area contributed by atoms with E-state index in [2.05, 4.69) is 0 Å². The van der Waals surface area contributed by atoms with Gasteiger partial charge in [0, 0.05) is 5.56 Å². The Bertz CT molecular complexity index is 862. The summed E-state index contributed by atoms with van der Waals surface area (Å²) in [5, 5.41) is 10.2. The van der Waals surface area contributed by atoms with E-state index in [0.717, 1.165) is 0 Å². The molecule has 0 aromatic heterocycles. The minimum absolute atomic E-state index is 0.0142. The molecule has 1 fully saturated rings. The lowest BCUT2D eigenvalue weighted by Crippen LogP contribution is -2.27. The number of amides is 1. The molecule has 2 aromatic carbocycles. The second-order valence-electron chi connectivity index (χ2n) is 5.11. The van der Waals surface area contributed by atoms with Gasteiger partial charge in [-0.1, -0.05) is 36.1 Å². The number of anilines is 1. The van der Waals surface area contributed by atoms with Crippen molar-refractivity contribution in [1.82, 2.24) is 0 Å². The standard InChI is InChI=1S/C18H15NO4S2/c1-22-13-8-6-12(7-9-13)19-17(21)15(25-18(19)24)10-11-4-3-5-14(23-2)16(11)20/h3-10,20H,1-2H3/b15-10-. The first-order valence-corrected chi connectivity index (χ1v) is 8.55. The van der Waals surface area contributed by atoms with Crippen LogP contribution >= 0.6 is 24.0 Å². The van der Waals surface area contributed by atoms with Gasteiger partial charge in [-0.3, -0.25) is 9.69 Å². The summed E-state index contributed by atoms with van der Waals surface area (Å²) in [6.07, 6.45) is 1.61. The second kappa shape index (κ2) is 7.16. The third-order valence-electron chi connectivity index (χ3n) is 3.66. The van der Waals surface area contributed by atoms with E-state index in [1.165, 1.54) is 23.8 Å². The van der Waals surface area contributed by atoms with Crippen LogP contribution in [0.3, 0.4) is 0 Å². The number of para-hydroxylation sites is 1. The second-order valence-corrected chi connectivity index (χ2v) is 6.79. The van der Waals surface area contributed by atoms with Crippen LogP contribution in [0.2, 0.25) is 0 Å². The highest BCUT2D eigenvalue weighted by atomic mass is 32.2. The molecule has 1 aliphatic rings. The first-order chi connectivity index (χ1) is 12.0. The fraction of sp³-hybridized carbons (Fsp3) is 0.111. The zero-order chi connectivity index (χ0) is 18.0. The van der Waals surface area contributed by atoms with Crippen molar-refractivity contribution in [2.45, 2.75) is 0 Å². The fourth-order valence-electron chi connectivity index (χ4n) is 2.38. The molecule has 1 heterocycles. The summed E-state index contributed by atoms with van der Waals surface area (Å²) < 4.78 is 10.7. The summed E-state index contributed by atoms with van der Waals surface area (Å²) in [7, 11) is 3.06. The van der Waals surface area contributed by atoms with Gasteiger partial charge in [0.25, 0.3) is 5.91 Å². The van der Waals surface area contributed by atoms with Crippen molar-refractivity contribution in [2.75, 3.05) is 19.1 Å². The maximum atomic E-state index is 12.7. The van der Waals surface area contributed by atoms with Crippen LogP contribution in [0.15, 0.2) is 47.4 Å². The van der Waals surface area contributed by atoms with Gasteiger partial charge in [0.05, 0.1) is 24.8 Å². The number of rotatable bonds is 4. The monoisotopic (exact) mass is 373 g/mol. The first-order valence-electron chi connectivity index (χ1n) is 7.33. The smallest absolute Gasteiger partial charge is 0.270 e. The van der Waals surface area contributed by atoms with E-state index >= 15 is 0 Å². The third kappa shape index (κ3) is 3.33. The number of methoxy groups -OCH3 is 2. The molecule has 5 nitrogen and oxygen atoms in total. The molecule has 25 heavy (non-hydrogen) atoms. The van der Waals surface area contributed by atoms with Gasteiger partial charge in [-0.05, 0) is 36.4 Å². The summed E-state index contributed by atoms with van der Waals surface area (Å²) >= 11 is 6.53. The zero-order valence-corrected chi connectivity index (χ0v) is 15.2. The molecule has 1 amide bonds. The molecule has 2 aromatic rings. The van der Waals surface area contributed by atoms with Gasteiger partial charge in [-0.25, -0.2) is 0 Å². The van der Waals surface area contributed by atoms with Gasteiger partial charge in [0.2, 0.25) is 0 Å². The van der Waals surface area contributed by atoms with Crippen molar-refractivity contribution >= 4 is 46.0 Å². The highest BCUT2D eigenvalue weighted by Gasteiger charge is 2.33. The number of nitrogens with zero attached hydrogens (tertiary/aromatic N) is 1. The molecular formula is C18H15NO4S2. The van der Waals surface area contributed by atoms with Gasteiger partial charge in [-0.15, -0.1) is 0 Å². The Kier molecular flexibility index (Phi) is 4.96. The molecule has 1 aliphatic heterocycles. The minimum atomic E-state index is -0.234. The van der Waals surface area contributed by atoms with Crippen LogP contribution in [0, 0.1) is 0 Å². The van der Waals surface area contributed by atoms with E-state index < -0.39 is 0 Å². The van der Waals surface area contributed by atoms with E-state index in [1.54, 1.807) is 55.7 Å². The zero-order valence-electron chi connectivity index (χ0n) is 13.6. The third-order valence-corrected chi connectivity index (χ3v) is 4.96. The largest absolute Gasteiger partial charge is 0.504 e. The summed E-state index contributed by atoms with van der Waals surface area (Å²) in [6.45, 7) is 0. The Balaban J connectivity index is 1.93. The van der Waals surface area contributed by atoms with Crippen LogP contribution in [-0.2, 0) is 4.79 Å². The predicted octanol–water partition coefficient (Wildman–Crippen LogP) is 3.82. The fourth-order valence-corrected chi connectivity index (χ4v) is 3.67. The van der Waals surface area contributed by atoms with Crippen LogP contribution in [0.25, 0.3) is 6.08 Å². The van der Waals surface area contributed by atoms with Gasteiger partial charge < -0.3 is 14.6 Å². The topological polar surface area (TPSA) is 59.0 Å². The van der Waals surface area contributed by atoms with Gasteiger partial charge >= 0.3 is 0 Å². The van der Waals surface area contributed by atoms with Crippen LogP contribution < -0.4 is 14.4 Å². The average Bonchev–Trinajstić information content (AvgIpc) is 2.90. The van der Waals surface area contributed by atoms with E-state index in [9.17, 15) is 9.90 Å². The number of carbonyl (C=O) groups is 1. The van der Waals surface area contributed by atoms with Crippen molar-refractivity contribution in [3.05, 3.63) is 52.9 Å². The summed E-state index contributed by atoms with van der Waals surface area (Å²) in [5.41, 5.74) is 1.16. The van der Waals surface area contributed by atoms with Crippen LogP contribution in [0.1, 0.15) is 5.56 Å². The van der Waals surface area contributed by atoms with E-state index in [1.807, 2.05) is 0 Å². The molecule has 0 unspecified atom stereocenters. The normalized spacial score (nSPS) is 15.8. The maximum Gasteiger partial charge on any atom is 0.270 e. The molecule has 0 atom stereocenters. The molecule has 0 spiro atoms. The number of aromatic hydroxyl groups is 1. The van der Waals surface area contributed by atoms with Crippen molar-refractivity contribution < 1.29 is 19.4 Å². The lowest BCUT2D eigenvalue weighted by molar-refractivity contribution is -0.113. The van der Waals surface area contributed by atoms with E-state index in [0.29, 0.717) is 32.0 Å². The Hall–Kier alpha value is -2.51. The summed E-state index contributed by atoms with van der Waals surface area (Å²) in [4.78, 5) is 14.6. The lowest BCUT2D eigenvalue weighted by atomic mass is 10.1. The van der Waals surface area contributed by atoms with Crippen LogP contribution in [0.5, 0.6) is 17.2 Å². The van der Waals surface area contributed by atoms with Crippen molar-refractivity contribution in [3.8, 4) is 17.2 Å². The van der Waals surface area contributed by atoms with Gasteiger partial charge in [0.15, 0.2) is 15.8 Å². The Morgan fingerprint density at radius 3 is 2.48 bits per heavy atom. The van der Waals surface area contributed by atoms with Crippen molar-refractivity contribution in [1.29, 1.82) is 0 Å². The quantitative estimate of drug-likeness (QED) is 0.650. The molecule has 128 valence electrons. The predicted molar refractivity (Wildman–Crippen MR) is 103 cm³/mol. The summed E-state index contributed by atoms with van der Waals surface area (Å²) in [5.74, 6) is 0.799. The number of carbonyl (C=O) groups excluding carboxylic acids is 1. The molecular weight excluding hydrogens is 358 g/mol.